The van der Waals surface area contributed by atoms with E-state index in [4.69, 9.17) is 9.40 Å². The van der Waals surface area contributed by atoms with Gasteiger partial charge in [-0.25, -0.2) is 4.98 Å². The highest BCUT2D eigenvalue weighted by molar-refractivity contribution is 6.09. The number of nitrogens with one attached hydrogen (secondary N) is 1. The number of furan rings is 1. The van der Waals surface area contributed by atoms with E-state index in [1.54, 1.807) is 0 Å². The molecular weight excluding hydrogens is 466 g/mol. The second-order valence-corrected chi connectivity index (χ2v) is 9.64. The molecule has 0 aliphatic carbocycles. The van der Waals surface area contributed by atoms with Crippen molar-refractivity contribution in [1.29, 1.82) is 0 Å². The Morgan fingerprint density at radius 2 is 1.50 bits per heavy atom. The van der Waals surface area contributed by atoms with E-state index >= 15 is 0 Å². The first-order valence-corrected chi connectivity index (χ1v) is 12.9. The van der Waals surface area contributed by atoms with Crippen molar-refractivity contribution in [3.05, 3.63) is 121 Å². The Morgan fingerprint density at radius 3 is 2.42 bits per heavy atom. The maximum absolute atomic E-state index is 6.43. The predicted molar refractivity (Wildman–Crippen MR) is 157 cm³/mol. The number of fused-ring (bicyclic) bond motifs is 6. The van der Waals surface area contributed by atoms with E-state index in [1.807, 2.05) is 18.2 Å². The van der Waals surface area contributed by atoms with Gasteiger partial charge in [0.05, 0.1) is 22.6 Å². The van der Waals surface area contributed by atoms with Gasteiger partial charge in [0.25, 0.3) is 0 Å². The highest BCUT2D eigenvalue weighted by atomic mass is 16.3. The molecule has 0 spiro atoms. The van der Waals surface area contributed by atoms with E-state index in [1.165, 1.54) is 5.39 Å². The molecule has 0 bridgehead atoms. The largest absolute Gasteiger partial charge is 0.455 e. The van der Waals surface area contributed by atoms with Gasteiger partial charge in [0.15, 0.2) is 0 Å². The van der Waals surface area contributed by atoms with E-state index in [-0.39, 0.29) is 0 Å². The lowest BCUT2D eigenvalue weighted by Gasteiger charge is -2.15. The second-order valence-electron chi connectivity index (χ2n) is 9.64. The third-order valence-corrected chi connectivity index (χ3v) is 7.41. The van der Waals surface area contributed by atoms with Crippen LogP contribution in [0.15, 0.2) is 120 Å². The Balaban J connectivity index is 1.45. The number of benzene rings is 4. The summed E-state index contributed by atoms with van der Waals surface area (Å²) in [6.07, 6.45) is 4.36. The average Bonchev–Trinajstić information content (AvgIpc) is 3.53. The number of hydrogen-bond acceptors (Lipinski definition) is 3. The van der Waals surface area contributed by atoms with Crippen LogP contribution in [0.1, 0.15) is 5.69 Å². The van der Waals surface area contributed by atoms with Crippen LogP contribution in [0.4, 0.5) is 5.69 Å². The van der Waals surface area contributed by atoms with Crippen molar-refractivity contribution in [2.75, 3.05) is 11.9 Å². The summed E-state index contributed by atoms with van der Waals surface area (Å²) in [6.45, 7) is 0.817. The molecule has 4 aromatic carbocycles. The number of anilines is 1. The smallest absolute Gasteiger partial charge is 0.143 e. The van der Waals surface area contributed by atoms with Gasteiger partial charge >= 0.3 is 0 Å². The lowest BCUT2D eigenvalue weighted by atomic mass is 10.0. The SMILES string of the molecule is C1=Cc2c(c3ccccc3n2-c2cc(-c3cccc4c3oc3ccccc34)cc(-c3ccccc3)n2)NC1. The number of hydrogen-bond donors (Lipinski definition) is 1. The summed E-state index contributed by atoms with van der Waals surface area (Å²) in [5, 5.41) is 7.02. The van der Waals surface area contributed by atoms with Crippen molar-refractivity contribution in [1.82, 2.24) is 9.55 Å². The van der Waals surface area contributed by atoms with Crippen molar-refractivity contribution in [2.24, 2.45) is 0 Å². The zero-order valence-electron chi connectivity index (χ0n) is 20.6. The second kappa shape index (κ2) is 8.22. The fourth-order valence-electron chi connectivity index (χ4n) is 5.70. The van der Waals surface area contributed by atoms with Crippen molar-refractivity contribution < 1.29 is 4.42 Å². The number of aromatic nitrogens is 2. The first-order valence-electron chi connectivity index (χ1n) is 12.9. The van der Waals surface area contributed by atoms with Gasteiger partial charge in [0, 0.05) is 33.8 Å². The summed E-state index contributed by atoms with van der Waals surface area (Å²) >= 11 is 0. The van der Waals surface area contributed by atoms with Crippen LogP contribution in [0.3, 0.4) is 0 Å². The average molecular weight is 490 g/mol. The molecule has 7 aromatic rings. The summed E-state index contributed by atoms with van der Waals surface area (Å²) < 4.78 is 8.69. The van der Waals surface area contributed by atoms with Crippen LogP contribution in [-0.4, -0.2) is 16.1 Å². The Morgan fingerprint density at radius 1 is 0.711 bits per heavy atom. The molecular formula is C34H23N3O. The summed E-state index contributed by atoms with van der Waals surface area (Å²) in [4.78, 5) is 5.22. The van der Waals surface area contributed by atoms with Crippen LogP contribution in [0, 0.1) is 0 Å². The number of rotatable bonds is 3. The predicted octanol–water partition coefficient (Wildman–Crippen LogP) is 8.70. The molecule has 4 heteroatoms. The van der Waals surface area contributed by atoms with E-state index in [9.17, 15) is 0 Å². The maximum Gasteiger partial charge on any atom is 0.143 e. The number of para-hydroxylation sites is 3. The van der Waals surface area contributed by atoms with Crippen LogP contribution < -0.4 is 5.32 Å². The number of pyridine rings is 1. The Bertz CT molecular complexity index is 2030. The van der Waals surface area contributed by atoms with Crippen LogP contribution in [0.2, 0.25) is 0 Å². The molecule has 8 rings (SSSR count). The molecule has 1 N–H and O–H groups in total. The van der Waals surface area contributed by atoms with E-state index < -0.39 is 0 Å². The van der Waals surface area contributed by atoms with Gasteiger partial charge in [-0.2, -0.15) is 0 Å². The fourth-order valence-corrected chi connectivity index (χ4v) is 5.70. The van der Waals surface area contributed by atoms with Gasteiger partial charge in [-0.05, 0) is 35.9 Å². The lowest BCUT2D eigenvalue weighted by molar-refractivity contribution is 0.670. The Kier molecular flexibility index (Phi) is 4.55. The van der Waals surface area contributed by atoms with Gasteiger partial charge in [0.2, 0.25) is 0 Å². The van der Waals surface area contributed by atoms with Crippen LogP contribution in [-0.2, 0) is 0 Å². The van der Waals surface area contributed by atoms with Gasteiger partial charge in [-0.3, -0.25) is 4.57 Å². The van der Waals surface area contributed by atoms with Gasteiger partial charge in [-0.1, -0.05) is 91.0 Å². The molecule has 0 radical (unpaired) electrons. The first-order chi connectivity index (χ1) is 18.8. The third-order valence-electron chi connectivity index (χ3n) is 7.41. The summed E-state index contributed by atoms with van der Waals surface area (Å²) in [5.74, 6) is 0.875. The molecule has 0 fully saturated rings. The lowest BCUT2D eigenvalue weighted by Crippen LogP contribution is -2.07. The Hall–Kier alpha value is -5.09. The molecule has 0 unspecified atom stereocenters. The molecule has 4 nitrogen and oxygen atoms in total. The summed E-state index contributed by atoms with van der Waals surface area (Å²) in [7, 11) is 0. The zero-order valence-corrected chi connectivity index (χ0v) is 20.6. The molecule has 1 aliphatic heterocycles. The minimum atomic E-state index is 0.817. The molecule has 38 heavy (non-hydrogen) atoms. The monoisotopic (exact) mass is 489 g/mol. The van der Waals surface area contributed by atoms with Gasteiger partial charge < -0.3 is 9.73 Å². The standard InChI is InChI=1S/C34H23N3O/c1-2-10-22(11-3-1)28-20-23(24-14-8-15-26-25-12-5-7-18-31(25)38-34(24)26)21-32(36-28)37-29-16-6-4-13-27(29)33-30(37)17-9-19-35-33/h1-18,20-21,35H,19H2. The fraction of sp³-hybridized carbons (Fsp3) is 0.0294. The third kappa shape index (κ3) is 3.14. The highest BCUT2D eigenvalue weighted by Crippen LogP contribution is 2.40. The first kappa shape index (κ1) is 21.0. The zero-order chi connectivity index (χ0) is 25.1. The summed E-state index contributed by atoms with van der Waals surface area (Å²) in [6, 6.07) is 37.9. The number of nitrogens with zero attached hydrogens (tertiary/aromatic N) is 2. The van der Waals surface area contributed by atoms with Crippen molar-refractivity contribution in [3.8, 4) is 28.2 Å². The Labute approximate surface area is 219 Å². The molecule has 180 valence electrons. The van der Waals surface area contributed by atoms with Crippen LogP contribution in [0.25, 0.3) is 67.1 Å². The molecule has 0 atom stereocenters. The summed E-state index contributed by atoms with van der Waals surface area (Å²) in [5.41, 5.74) is 9.30. The van der Waals surface area contributed by atoms with Crippen molar-refractivity contribution >= 4 is 44.6 Å². The van der Waals surface area contributed by atoms with E-state index in [0.717, 1.165) is 73.6 Å². The minimum absolute atomic E-state index is 0.817. The molecule has 0 saturated heterocycles. The molecule has 4 heterocycles. The van der Waals surface area contributed by atoms with Crippen molar-refractivity contribution in [2.45, 2.75) is 0 Å². The highest BCUT2D eigenvalue weighted by Gasteiger charge is 2.21. The van der Waals surface area contributed by atoms with Gasteiger partial charge in [-0.15, -0.1) is 0 Å². The molecule has 3 aromatic heterocycles. The molecule has 1 aliphatic rings. The topological polar surface area (TPSA) is 43.0 Å². The van der Waals surface area contributed by atoms with Crippen LogP contribution >= 0.6 is 0 Å². The quantitative estimate of drug-likeness (QED) is 0.270. The van der Waals surface area contributed by atoms with E-state index in [0.29, 0.717) is 0 Å². The maximum atomic E-state index is 6.43. The van der Waals surface area contributed by atoms with Gasteiger partial charge in [0.1, 0.15) is 17.0 Å². The molecule has 0 amide bonds. The van der Waals surface area contributed by atoms with Crippen molar-refractivity contribution in [3.63, 3.8) is 0 Å². The minimum Gasteiger partial charge on any atom is -0.455 e. The van der Waals surface area contributed by atoms with E-state index in [2.05, 4.69) is 113 Å². The molecule has 0 saturated carbocycles. The van der Waals surface area contributed by atoms with Crippen LogP contribution in [0.5, 0.6) is 0 Å². The normalized spacial score (nSPS) is 12.7.